The van der Waals surface area contributed by atoms with Gasteiger partial charge in [-0.3, -0.25) is 0 Å². The molecule has 1 atom stereocenters. The minimum Gasteiger partial charge on any atom is -0.494 e. The highest BCUT2D eigenvalue weighted by atomic mass is 19.1. The zero-order valence-electron chi connectivity index (χ0n) is 12.6. The first-order chi connectivity index (χ1) is 9.74. The predicted molar refractivity (Wildman–Crippen MR) is 80.4 cm³/mol. The number of rotatable bonds is 6. The number of hydrogen-bond acceptors (Lipinski definition) is 2. The summed E-state index contributed by atoms with van der Waals surface area (Å²) in [6, 6.07) is 5.76. The van der Waals surface area contributed by atoms with Crippen molar-refractivity contribution in [2.75, 3.05) is 7.11 Å². The second-order valence-corrected chi connectivity index (χ2v) is 5.76. The van der Waals surface area contributed by atoms with Gasteiger partial charge in [-0.15, -0.1) is 0 Å². The smallest absolute Gasteiger partial charge is 0.165 e. The van der Waals surface area contributed by atoms with E-state index in [0.717, 1.165) is 24.4 Å². The fraction of sp³-hybridized carbons (Fsp3) is 0.647. The summed E-state index contributed by atoms with van der Waals surface area (Å²) in [6.45, 7) is 2.97. The third kappa shape index (κ3) is 3.95. The van der Waals surface area contributed by atoms with E-state index < -0.39 is 0 Å². The van der Waals surface area contributed by atoms with Crippen LogP contribution in [0.15, 0.2) is 18.2 Å². The maximum atomic E-state index is 13.7. The molecule has 0 aliphatic heterocycles. The SMILES string of the molecule is CCC(NCc1ccc(OC)c(F)c1)C1CCCCC1. The molecule has 0 bridgehead atoms. The summed E-state index contributed by atoms with van der Waals surface area (Å²) in [5.74, 6) is 0.822. The first kappa shape index (κ1) is 15.3. The van der Waals surface area contributed by atoms with Crippen molar-refractivity contribution < 1.29 is 9.13 Å². The lowest BCUT2D eigenvalue weighted by molar-refractivity contribution is 0.261. The number of nitrogens with one attached hydrogen (secondary N) is 1. The Kier molecular flexibility index (Phi) is 5.84. The van der Waals surface area contributed by atoms with E-state index in [9.17, 15) is 4.39 Å². The lowest BCUT2D eigenvalue weighted by Gasteiger charge is -2.30. The average molecular weight is 279 g/mol. The van der Waals surface area contributed by atoms with Crippen LogP contribution < -0.4 is 10.1 Å². The molecule has 1 aromatic carbocycles. The van der Waals surface area contributed by atoms with Crippen LogP contribution in [-0.4, -0.2) is 13.2 Å². The second kappa shape index (κ2) is 7.63. The number of ether oxygens (including phenoxy) is 1. The molecule has 1 aliphatic rings. The molecule has 0 heterocycles. The van der Waals surface area contributed by atoms with Crippen molar-refractivity contribution in [3.05, 3.63) is 29.6 Å². The van der Waals surface area contributed by atoms with Crippen LogP contribution in [-0.2, 0) is 6.54 Å². The maximum Gasteiger partial charge on any atom is 0.165 e. The molecular formula is C17H26FNO. The monoisotopic (exact) mass is 279 g/mol. The number of benzene rings is 1. The quantitative estimate of drug-likeness (QED) is 0.839. The normalized spacial score (nSPS) is 17.9. The summed E-state index contributed by atoms with van der Waals surface area (Å²) >= 11 is 0. The van der Waals surface area contributed by atoms with E-state index in [1.54, 1.807) is 12.1 Å². The molecule has 2 rings (SSSR count). The van der Waals surface area contributed by atoms with Gasteiger partial charge >= 0.3 is 0 Å². The van der Waals surface area contributed by atoms with E-state index in [0.29, 0.717) is 11.8 Å². The summed E-state index contributed by atoms with van der Waals surface area (Å²) in [6.07, 6.45) is 7.92. The molecule has 1 fully saturated rings. The van der Waals surface area contributed by atoms with E-state index >= 15 is 0 Å². The van der Waals surface area contributed by atoms with Gasteiger partial charge in [-0.05, 0) is 42.9 Å². The lowest BCUT2D eigenvalue weighted by atomic mass is 9.83. The summed E-state index contributed by atoms with van der Waals surface area (Å²) in [4.78, 5) is 0. The van der Waals surface area contributed by atoms with Gasteiger partial charge < -0.3 is 10.1 Å². The topological polar surface area (TPSA) is 21.3 Å². The fourth-order valence-electron chi connectivity index (χ4n) is 3.25. The van der Waals surface area contributed by atoms with Gasteiger partial charge in [-0.1, -0.05) is 32.3 Å². The van der Waals surface area contributed by atoms with Crippen molar-refractivity contribution in [1.82, 2.24) is 5.32 Å². The Hall–Kier alpha value is -1.09. The Morgan fingerprint density at radius 1 is 1.30 bits per heavy atom. The van der Waals surface area contributed by atoms with E-state index in [1.165, 1.54) is 39.2 Å². The van der Waals surface area contributed by atoms with E-state index in [-0.39, 0.29) is 5.82 Å². The Balaban J connectivity index is 1.90. The Labute approximate surface area is 121 Å². The molecule has 1 saturated carbocycles. The van der Waals surface area contributed by atoms with Gasteiger partial charge in [0, 0.05) is 12.6 Å². The van der Waals surface area contributed by atoms with Crippen LogP contribution in [0.2, 0.25) is 0 Å². The summed E-state index contributed by atoms with van der Waals surface area (Å²) in [5.41, 5.74) is 0.984. The molecule has 1 unspecified atom stereocenters. The minimum absolute atomic E-state index is 0.280. The Morgan fingerprint density at radius 2 is 2.05 bits per heavy atom. The maximum absolute atomic E-state index is 13.7. The van der Waals surface area contributed by atoms with Gasteiger partial charge in [-0.25, -0.2) is 4.39 Å². The van der Waals surface area contributed by atoms with Crippen LogP contribution in [0.4, 0.5) is 4.39 Å². The summed E-state index contributed by atoms with van der Waals surface area (Å²) in [7, 11) is 1.49. The van der Waals surface area contributed by atoms with Crippen molar-refractivity contribution >= 4 is 0 Å². The van der Waals surface area contributed by atoms with Gasteiger partial charge in [0.1, 0.15) is 0 Å². The third-order valence-electron chi connectivity index (χ3n) is 4.44. The molecule has 1 aliphatic carbocycles. The molecule has 0 amide bonds. The highest BCUT2D eigenvalue weighted by molar-refractivity contribution is 5.29. The van der Waals surface area contributed by atoms with Crippen LogP contribution in [0.1, 0.15) is 51.0 Å². The molecular weight excluding hydrogens is 253 g/mol. The predicted octanol–water partition coefficient (Wildman–Crippen LogP) is 4.28. The fourth-order valence-corrected chi connectivity index (χ4v) is 3.25. The largest absolute Gasteiger partial charge is 0.494 e. The molecule has 112 valence electrons. The molecule has 0 aromatic heterocycles. The molecule has 1 aromatic rings. The highest BCUT2D eigenvalue weighted by Gasteiger charge is 2.21. The molecule has 20 heavy (non-hydrogen) atoms. The Bertz CT molecular complexity index is 415. The van der Waals surface area contributed by atoms with Crippen molar-refractivity contribution in [3.8, 4) is 5.75 Å². The first-order valence-electron chi connectivity index (χ1n) is 7.80. The number of halogens is 1. The Morgan fingerprint density at radius 3 is 2.65 bits per heavy atom. The van der Waals surface area contributed by atoms with Gasteiger partial charge in [0.2, 0.25) is 0 Å². The second-order valence-electron chi connectivity index (χ2n) is 5.76. The van der Waals surface area contributed by atoms with Crippen LogP contribution in [0, 0.1) is 11.7 Å². The van der Waals surface area contributed by atoms with Crippen LogP contribution in [0.5, 0.6) is 5.75 Å². The van der Waals surface area contributed by atoms with Gasteiger partial charge in [-0.2, -0.15) is 0 Å². The van der Waals surface area contributed by atoms with Crippen molar-refractivity contribution in [1.29, 1.82) is 0 Å². The number of methoxy groups -OCH3 is 1. The van der Waals surface area contributed by atoms with Crippen molar-refractivity contribution in [3.63, 3.8) is 0 Å². The highest BCUT2D eigenvalue weighted by Crippen LogP contribution is 2.28. The summed E-state index contributed by atoms with van der Waals surface area (Å²) in [5, 5.41) is 3.61. The molecule has 0 saturated heterocycles. The zero-order chi connectivity index (χ0) is 14.4. The lowest BCUT2D eigenvalue weighted by Crippen LogP contribution is -2.36. The average Bonchev–Trinajstić information content (AvgIpc) is 2.49. The van der Waals surface area contributed by atoms with Gasteiger partial charge in [0.15, 0.2) is 11.6 Å². The molecule has 3 heteroatoms. The van der Waals surface area contributed by atoms with Crippen LogP contribution >= 0.6 is 0 Å². The van der Waals surface area contributed by atoms with Crippen LogP contribution in [0.3, 0.4) is 0 Å². The van der Waals surface area contributed by atoms with Gasteiger partial charge in [0.05, 0.1) is 7.11 Å². The zero-order valence-corrected chi connectivity index (χ0v) is 12.6. The van der Waals surface area contributed by atoms with Crippen LogP contribution in [0.25, 0.3) is 0 Å². The minimum atomic E-state index is -0.280. The molecule has 1 N–H and O–H groups in total. The molecule has 0 spiro atoms. The van der Waals surface area contributed by atoms with Gasteiger partial charge in [0.25, 0.3) is 0 Å². The number of hydrogen-bond donors (Lipinski definition) is 1. The van der Waals surface area contributed by atoms with E-state index in [1.807, 2.05) is 6.07 Å². The third-order valence-corrected chi connectivity index (χ3v) is 4.44. The molecule has 2 nitrogen and oxygen atoms in total. The standard InChI is InChI=1S/C17H26FNO/c1-3-16(14-7-5-4-6-8-14)19-12-13-9-10-17(20-2)15(18)11-13/h9-11,14,16,19H,3-8,12H2,1-2H3. The molecule has 0 radical (unpaired) electrons. The van der Waals surface area contributed by atoms with Crippen molar-refractivity contribution in [2.24, 2.45) is 5.92 Å². The first-order valence-corrected chi connectivity index (χ1v) is 7.80. The van der Waals surface area contributed by atoms with E-state index in [2.05, 4.69) is 12.2 Å². The van der Waals surface area contributed by atoms with E-state index in [4.69, 9.17) is 4.74 Å². The summed E-state index contributed by atoms with van der Waals surface area (Å²) < 4.78 is 18.6. The van der Waals surface area contributed by atoms with Crippen molar-refractivity contribution in [2.45, 2.75) is 58.0 Å².